The molecule has 0 spiro atoms. The van der Waals surface area contributed by atoms with Crippen LogP contribution >= 0.6 is 0 Å². The zero-order valence-corrected chi connectivity index (χ0v) is 10.2. The Morgan fingerprint density at radius 1 is 1.53 bits per heavy atom. The zero-order chi connectivity index (χ0) is 11.6. The molecular formula is C11H22N2O2. The number of nitrogens with zero attached hydrogens (tertiary/aromatic N) is 2. The molecule has 88 valence electrons. The van der Waals surface area contributed by atoms with E-state index >= 15 is 0 Å². The Morgan fingerprint density at radius 2 is 2.13 bits per heavy atom. The third-order valence-electron chi connectivity index (χ3n) is 3.36. The molecule has 15 heavy (non-hydrogen) atoms. The van der Waals surface area contributed by atoms with Crippen molar-refractivity contribution in [2.75, 3.05) is 26.7 Å². The van der Waals surface area contributed by atoms with E-state index in [1.807, 2.05) is 7.05 Å². The van der Waals surface area contributed by atoms with Crippen molar-refractivity contribution in [1.29, 1.82) is 0 Å². The van der Waals surface area contributed by atoms with Crippen molar-refractivity contribution in [1.82, 2.24) is 9.80 Å². The lowest BCUT2D eigenvalue weighted by Gasteiger charge is -2.48. The first kappa shape index (κ1) is 12.5. The van der Waals surface area contributed by atoms with Crippen molar-refractivity contribution in [2.24, 2.45) is 0 Å². The van der Waals surface area contributed by atoms with Crippen molar-refractivity contribution >= 4 is 5.91 Å². The van der Waals surface area contributed by atoms with Gasteiger partial charge in [0, 0.05) is 25.7 Å². The second-order valence-electron chi connectivity index (χ2n) is 4.80. The Labute approximate surface area is 91.9 Å². The summed E-state index contributed by atoms with van der Waals surface area (Å²) >= 11 is 0. The zero-order valence-electron chi connectivity index (χ0n) is 10.2. The molecular weight excluding hydrogens is 192 g/mol. The summed E-state index contributed by atoms with van der Waals surface area (Å²) in [6, 6.07) is -0.141. The van der Waals surface area contributed by atoms with E-state index in [9.17, 15) is 4.79 Å². The van der Waals surface area contributed by atoms with Gasteiger partial charge >= 0.3 is 0 Å². The van der Waals surface area contributed by atoms with E-state index in [1.54, 1.807) is 4.90 Å². The van der Waals surface area contributed by atoms with Gasteiger partial charge in [0.05, 0.1) is 6.04 Å². The lowest BCUT2D eigenvalue weighted by atomic mass is 9.94. The molecule has 0 saturated carbocycles. The fourth-order valence-corrected chi connectivity index (χ4v) is 2.15. The largest absolute Gasteiger partial charge is 0.396 e. The monoisotopic (exact) mass is 214 g/mol. The molecule has 1 unspecified atom stereocenters. The Morgan fingerprint density at radius 3 is 2.60 bits per heavy atom. The third kappa shape index (κ3) is 2.32. The highest BCUT2D eigenvalue weighted by molar-refractivity contribution is 5.83. The molecule has 0 aromatic carbocycles. The SMILES string of the molecule is CCN1CC(C)(C)N(C)C(=O)C1CCO. The van der Waals surface area contributed by atoms with Crippen LogP contribution in [-0.4, -0.2) is 59.1 Å². The number of aliphatic hydroxyl groups is 1. The van der Waals surface area contributed by atoms with E-state index in [0.29, 0.717) is 6.42 Å². The summed E-state index contributed by atoms with van der Waals surface area (Å²) in [5, 5.41) is 8.97. The number of amides is 1. The first-order chi connectivity index (χ1) is 6.94. The molecule has 0 bridgehead atoms. The molecule has 1 amide bonds. The minimum Gasteiger partial charge on any atom is -0.396 e. The number of hydrogen-bond donors (Lipinski definition) is 1. The van der Waals surface area contributed by atoms with Gasteiger partial charge in [-0.05, 0) is 26.8 Å². The standard InChI is InChI=1S/C11H22N2O2/c1-5-13-8-11(2,3)12(4)10(15)9(13)6-7-14/h9,14H,5-8H2,1-4H3. The Kier molecular flexibility index (Phi) is 3.73. The first-order valence-electron chi connectivity index (χ1n) is 5.56. The lowest BCUT2D eigenvalue weighted by Crippen LogP contribution is -2.65. The van der Waals surface area contributed by atoms with Crippen LogP contribution in [0.5, 0.6) is 0 Å². The topological polar surface area (TPSA) is 43.8 Å². The summed E-state index contributed by atoms with van der Waals surface area (Å²) in [4.78, 5) is 16.0. The number of rotatable bonds is 3. The van der Waals surface area contributed by atoms with Crippen LogP contribution in [0.15, 0.2) is 0 Å². The molecule has 1 saturated heterocycles. The third-order valence-corrected chi connectivity index (χ3v) is 3.36. The molecule has 0 aromatic heterocycles. The van der Waals surface area contributed by atoms with Crippen molar-refractivity contribution in [3.05, 3.63) is 0 Å². The molecule has 1 rings (SSSR count). The minimum atomic E-state index is -0.141. The van der Waals surface area contributed by atoms with Gasteiger partial charge in [-0.1, -0.05) is 6.92 Å². The highest BCUT2D eigenvalue weighted by Crippen LogP contribution is 2.24. The normalized spacial score (nSPS) is 27.1. The van der Waals surface area contributed by atoms with E-state index in [-0.39, 0.29) is 24.1 Å². The van der Waals surface area contributed by atoms with E-state index < -0.39 is 0 Å². The average Bonchev–Trinajstić information content (AvgIpc) is 2.19. The van der Waals surface area contributed by atoms with Gasteiger partial charge in [0.25, 0.3) is 0 Å². The maximum absolute atomic E-state index is 12.1. The summed E-state index contributed by atoms with van der Waals surface area (Å²) in [6.45, 7) is 8.00. The van der Waals surface area contributed by atoms with Crippen molar-refractivity contribution in [3.63, 3.8) is 0 Å². The van der Waals surface area contributed by atoms with Gasteiger partial charge in [-0.15, -0.1) is 0 Å². The predicted molar refractivity (Wildman–Crippen MR) is 59.6 cm³/mol. The van der Waals surface area contributed by atoms with Crippen molar-refractivity contribution < 1.29 is 9.90 Å². The van der Waals surface area contributed by atoms with Crippen molar-refractivity contribution in [3.8, 4) is 0 Å². The van der Waals surface area contributed by atoms with Crippen molar-refractivity contribution in [2.45, 2.75) is 38.8 Å². The molecule has 0 aromatic rings. The number of hydrogen-bond acceptors (Lipinski definition) is 3. The summed E-state index contributed by atoms with van der Waals surface area (Å²) in [5.41, 5.74) is -0.112. The molecule has 1 aliphatic rings. The Bertz CT molecular complexity index is 241. The average molecular weight is 214 g/mol. The number of carbonyl (C=O) groups excluding carboxylic acids is 1. The van der Waals surface area contributed by atoms with Gasteiger partial charge in [0.2, 0.25) is 5.91 Å². The second-order valence-corrected chi connectivity index (χ2v) is 4.80. The van der Waals surface area contributed by atoms with Crippen LogP contribution in [0.2, 0.25) is 0 Å². The smallest absolute Gasteiger partial charge is 0.240 e. The molecule has 0 radical (unpaired) electrons. The quantitative estimate of drug-likeness (QED) is 0.735. The van der Waals surface area contributed by atoms with Crippen LogP contribution in [0.25, 0.3) is 0 Å². The summed E-state index contributed by atoms with van der Waals surface area (Å²) < 4.78 is 0. The van der Waals surface area contributed by atoms with Crippen LogP contribution in [0, 0.1) is 0 Å². The van der Waals surface area contributed by atoms with E-state index in [2.05, 4.69) is 25.7 Å². The minimum absolute atomic E-state index is 0.0706. The summed E-state index contributed by atoms with van der Waals surface area (Å²) in [7, 11) is 1.85. The fraction of sp³-hybridized carbons (Fsp3) is 0.909. The first-order valence-corrected chi connectivity index (χ1v) is 5.56. The number of carbonyl (C=O) groups is 1. The molecule has 1 atom stereocenters. The number of piperazine rings is 1. The predicted octanol–water partition coefficient (Wildman–Crippen LogP) is 0.310. The number of likely N-dealkylation sites (N-methyl/N-ethyl adjacent to an activating group) is 2. The van der Waals surface area contributed by atoms with E-state index in [0.717, 1.165) is 13.1 Å². The maximum atomic E-state index is 12.1. The molecule has 1 fully saturated rings. The molecule has 0 aliphatic carbocycles. The second kappa shape index (κ2) is 4.49. The molecule has 1 aliphatic heterocycles. The lowest BCUT2D eigenvalue weighted by molar-refractivity contribution is -0.149. The summed E-state index contributed by atoms with van der Waals surface area (Å²) in [6.07, 6.45) is 0.535. The van der Waals surface area contributed by atoms with Gasteiger partial charge in [0.15, 0.2) is 0 Å². The Balaban J connectivity index is 2.85. The van der Waals surface area contributed by atoms with E-state index in [4.69, 9.17) is 5.11 Å². The Hall–Kier alpha value is -0.610. The number of aliphatic hydroxyl groups excluding tert-OH is 1. The van der Waals surface area contributed by atoms with Crippen LogP contribution in [0.4, 0.5) is 0 Å². The van der Waals surface area contributed by atoms with Gasteiger partial charge in [-0.2, -0.15) is 0 Å². The highest BCUT2D eigenvalue weighted by Gasteiger charge is 2.41. The van der Waals surface area contributed by atoms with Crippen LogP contribution in [0.1, 0.15) is 27.2 Å². The molecule has 1 heterocycles. The molecule has 4 heteroatoms. The molecule has 1 N–H and O–H groups in total. The maximum Gasteiger partial charge on any atom is 0.240 e. The van der Waals surface area contributed by atoms with Gasteiger partial charge < -0.3 is 10.0 Å². The van der Waals surface area contributed by atoms with Crippen LogP contribution < -0.4 is 0 Å². The fourth-order valence-electron chi connectivity index (χ4n) is 2.15. The highest BCUT2D eigenvalue weighted by atomic mass is 16.3. The van der Waals surface area contributed by atoms with Gasteiger partial charge in [-0.25, -0.2) is 0 Å². The van der Waals surface area contributed by atoms with Gasteiger partial charge in [0.1, 0.15) is 0 Å². The van der Waals surface area contributed by atoms with E-state index in [1.165, 1.54) is 0 Å². The van der Waals surface area contributed by atoms with Crippen LogP contribution in [-0.2, 0) is 4.79 Å². The molecule has 4 nitrogen and oxygen atoms in total. The summed E-state index contributed by atoms with van der Waals surface area (Å²) in [5.74, 6) is 0.127. The van der Waals surface area contributed by atoms with Crippen LogP contribution in [0.3, 0.4) is 0 Å². The van der Waals surface area contributed by atoms with Gasteiger partial charge in [-0.3, -0.25) is 9.69 Å².